The molecule has 30 heavy (non-hydrogen) atoms. The van der Waals surface area contributed by atoms with Gasteiger partial charge in [-0.15, -0.1) is 16.4 Å². The number of fused-ring (bicyclic) bond motifs is 6. The minimum absolute atomic E-state index is 0.186. The Bertz CT molecular complexity index is 1410. The molecule has 6 rings (SSSR count). The topological polar surface area (TPSA) is 61.5 Å². The molecule has 150 valence electrons. The first-order chi connectivity index (χ1) is 14.6. The highest BCUT2D eigenvalue weighted by molar-refractivity contribution is 7.19. The second kappa shape index (κ2) is 6.48. The maximum Gasteiger partial charge on any atom is 0.189 e. The van der Waals surface area contributed by atoms with E-state index in [4.69, 9.17) is 14.5 Å². The molecule has 0 radical (unpaired) electrons. The largest absolute Gasteiger partial charge is 0.485 e. The summed E-state index contributed by atoms with van der Waals surface area (Å²) in [7, 11) is 0. The van der Waals surface area contributed by atoms with Crippen LogP contribution in [0, 0.1) is 0 Å². The highest BCUT2D eigenvalue weighted by Crippen LogP contribution is 2.39. The Kier molecular flexibility index (Phi) is 3.85. The van der Waals surface area contributed by atoms with Gasteiger partial charge >= 0.3 is 0 Å². The van der Waals surface area contributed by atoms with Gasteiger partial charge in [0.05, 0.1) is 17.6 Å². The van der Waals surface area contributed by atoms with E-state index < -0.39 is 0 Å². The van der Waals surface area contributed by atoms with Gasteiger partial charge in [-0.05, 0) is 30.9 Å². The second-order valence-corrected chi connectivity index (χ2v) is 9.30. The number of rotatable bonds is 3. The van der Waals surface area contributed by atoms with Crippen LogP contribution in [-0.2, 0) is 24.4 Å². The number of thiophene rings is 1. The molecule has 0 saturated heterocycles. The van der Waals surface area contributed by atoms with Crippen molar-refractivity contribution in [2.75, 3.05) is 0 Å². The van der Waals surface area contributed by atoms with E-state index in [0.717, 1.165) is 38.8 Å². The summed E-state index contributed by atoms with van der Waals surface area (Å²) in [5.41, 5.74) is 1.94. The molecule has 0 atom stereocenters. The third-order valence-electron chi connectivity index (χ3n) is 5.56. The molecule has 0 N–H and O–H groups in total. The zero-order chi connectivity index (χ0) is 20.3. The van der Waals surface area contributed by atoms with E-state index in [0.29, 0.717) is 19.0 Å². The van der Waals surface area contributed by atoms with Gasteiger partial charge in [0.25, 0.3) is 0 Å². The van der Waals surface area contributed by atoms with Gasteiger partial charge < -0.3 is 9.47 Å². The Labute approximate surface area is 177 Å². The Morgan fingerprint density at radius 1 is 1.17 bits per heavy atom. The Morgan fingerprint density at radius 3 is 2.97 bits per heavy atom. The third kappa shape index (κ3) is 2.85. The van der Waals surface area contributed by atoms with Crippen molar-refractivity contribution in [2.24, 2.45) is 0 Å². The normalized spacial score (nSPS) is 15.7. The Morgan fingerprint density at radius 2 is 2.03 bits per heavy atom. The number of benzene rings is 2. The van der Waals surface area contributed by atoms with Gasteiger partial charge in [0.1, 0.15) is 23.5 Å². The predicted octanol–water partition coefficient (Wildman–Crippen LogP) is 4.92. The second-order valence-electron chi connectivity index (χ2n) is 8.22. The van der Waals surface area contributed by atoms with Gasteiger partial charge in [-0.1, -0.05) is 36.4 Å². The first-order valence-corrected chi connectivity index (χ1v) is 10.8. The van der Waals surface area contributed by atoms with E-state index in [-0.39, 0.29) is 5.60 Å². The fraction of sp³-hybridized carbons (Fsp3) is 0.261. The van der Waals surface area contributed by atoms with Crippen LogP contribution < -0.4 is 4.74 Å². The van der Waals surface area contributed by atoms with Crippen molar-refractivity contribution >= 4 is 38.0 Å². The summed E-state index contributed by atoms with van der Waals surface area (Å²) in [5, 5.41) is 7.95. The first kappa shape index (κ1) is 17.8. The Hall–Kier alpha value is -3.03. The van der Waals surface area contributed by atoms with E-state index in [9.17, 15) is 0 Å². The maximum absolute atomic E-state index is 6.10. The van der Waals surface area contributed by atoms with Crippen LogP contribution in [0.5, 0.6) is 5.75 Å². The lowest BCUT2D eigenvalue weighted by Gasteiger charge is -2.30. The van der Waals surface area contributed by atoms with Crippen molar-refractivity contribution in [3.05, 3.63) is 65.1 Å². The van der Waals surface area contributed by atoms with E-state index >= 15 is 0 Å². The lowest BCUT2D eigenvalue weighted by atomic mass is 9.94. The fourth-order valence-corrected chi connectivity index (χ4v) is 5.18. The van der Waals surface area contributed by atoms with Crippen LogP contribution in [0.25, 0.3) is 26.6 Å². The van der Waals surface area contributed by atoms with Gasteiger partial charge in [-0.25, -0.2) is 14.5 Å². The van der Waals surface area contributed by atoms with Crippen molar-refractivity contribution in [1.29, 1.82) is 0 Å². The molecule has 4 heterocycles. The van der Waals surface area contributed by atoms with E-state index in [2.05, 4.69) is 42.1 Å². The van der Waals surface area contributed by atoms with Crippen molar-refractivity contribution < 1.29 is 9.47 Å². The summed E-state index contributed by atoms with van der Waals surface area (Å²) >= 11 is 1.69. The number of aromatic nitrogens is 4. The number of hydrogen-bond donors (Lipinski definition) is 0. The zero-order valence-corrected chi connectivity index (χ0v) is 17.6. The summed E-state index contributed by atoms with van der Waals surface area (Å²) in [5.74, 6) is 1.48. The quantitative estimate of drug-likeness (QED) is 0.418. The summed E-state index contributed by atoms with van der Waals surface area (Å²) < 4.78 is 13.8. The van der Waals surface area contributed by atoms with Crippen LogP contribution in [0.3, 0.4) is 0 Å². The molecule has 0 spiro atoms. The SMILES string of the molecule is CC1(C)Cc2c(sc3ncn4nc(COc5cccc6ccccc56)nc4c23)CO1. The minimum atomic E-state index is -0.186. The molecule has 0 amide bonds. The monoisotopic (exact) mass is 416 g/mol. The van der Waals surface area contributed by atoms with E-state index in [1.807, 2.05) is 24.3 Å². The lowest BCUT2D eigenvalue weighted by molar-refractivity contribution is -0.0379. The molecule has 0 aliphatic carbocycles. The van der Waals surface area contributed by atoms with E-state index in [1.165, 1.54) is 10.4 Å². The van der Waals surface area contributed by atoms with Crippen LogP contribution in [0.4, 0.5) is 0 Å². The van der Waals surface area contributed by atoms with Crippen LogP contribution in [-0.4, -0.2) is 25.2 Å². The molecular formula is C23H20N4O2S. The molecule has 0 saturated carbocycles. The highest BCUT2D eigenvalue weighted by Gasteiger charge is 2.30. The summed E-state index contributed by atoms with van der Waals surface area (Å²) in [4.78, 5) is 11.7. The van der Waals surface area contributed by atoms with E-state index in [1.54, 1.807) is 22.2 Å². The van der Waals surface area contributed by atoms with Crippen LogP contribution in [0.1, 0.15) is 30.1 Å². The van der Waals surface area contributed by atoms with Crippen LogP contribution in [0.15, 0.2) is 48.8 Å². The molecule has 5 aromatic rings. The van der Waals surface area contributed by atoms with Crippen molar-refractivity contribution in [1.82, 2.24) is 19.6 Å². The molecule has 0 fully saturated rings. The molecule has 7 heteroatoms. The molecule has 0 bridgehead atoms. The minimum Gasteiger partial charge on any atom is -0.485 e. The number of nitrogens with zero attached hydrogens (tertiary/aromatic N) is 4. The average Bonchev–Trinajstić information content (AvgIpc) is 3.31. The molecule has 1 aliphatic heterocycles. The van der Waals surface area contributed by atoms with Gasteiger partial charge in [-0.2, -0.15) is 0 Å². The standard InChI is InChI=1S/C23H20N4O2S/c1-23(2)10-16-18(11-29-23)30-22-20(16)21-25-19(26-27(21)13-24-22)12-28-17-9-5-7-14-6-3-4-8-15(14)17/h3-9,13H,10-12H2,1-2H3. The molecule has 1 aliphatic rings. The summed E-state index contributed by atoms with van der Waals surface area (Å²) in [6.07, 6.45) is 2.58. The van der Waals surface area contributed by atoms with Gasteiger partial charge in [0.15, 0.2) is 11.5 Å². The maximum atomic E-state index is 6.10. The van der Waals surface area contributed by atoms with Gasteiger partial charge in [0, 0.05) is 16.7 Å². The molecule has 2 aromatic carbocycles. The average molecular weight is 417 g/mol. The predicted molar refractivity (Wildman–Crippen MR) is 117 cm³/mol. The van der Waals surface area contributed by atoms with Crippen molar-refractivity contribution in [3.63, 3.8) is 0 Å². The highest BCUT2D eigenvalue weighted by atomic mass is 32.1. The summed E-state index contributed by atoms with van der Waals surface area (Å²) in [6.45, 7) is 5.18. The first-order valence-electron chi connectivity index (χ1n) is 9.96. The van der Waals surface area contributed by atoms with Crippen LogP contribution >= 0.6 is 11.3 Å². The molecule has 3 aromatic heterocycles. The van der Waals surface area contributed by atoms with Crippen molar-refractivity contribution in [2.45, 2.75) is 39.1 Å². The third-order valence-corrected chi connectivity index (χ3v) is 6.67. The molecular weight excluding hydrogens is 396 g/mol. The lowest BCUT2D eigenvalue weighted by Crippen LogP contribution is -2.31. The molecule has 0 unspecified atom stereocenters. The smallest absolute Gasteiger partial charge is 0.189 e. The van der Waals surface area contributed by atoms with Gasteiger partial charge in [-0.3, -0.25) is 0 Å². The number of hydrogen-bond acceptors (Lipinski definition) is 6. The number of ether oxygens (including phenoxy) is 2. The van der Waals surface area contributed by atoms with Gasteiger partial charge in [0.2, 0.25) is 0 Å². The Balaban J connectivity index is 1.38. The molecule has 6 nitrogen and oxygen atoms in total. The van der Waals surface area contributed by atoms with Crippen molar-refractivity contribution in [3.8, 4) is 5.75 Å². The fourth-order valence-electron chi connectivity index (χ4n) is 4.11. The van der Waals surface area contributed by atoms with Crippen LogP contribution in [0.2, 0.25) is 0 Å². The summed E-state index contributed by atoms with van der Waals surface area (Å²) in [6, 6.07) is 14.3. The zero-order valence-electron chi connectivity index (χ0n) is 16.8.